The number of nitrogens with zero attached hydrogens (tertiary/aromatic N) is 2. The van der Waals surface area contributed by atoms with Crippen molar-refractivity contribution in [3.05, 3.63) is 17.8 Å². The summed E-state index contributed by atoms with van der Waals surface area (Å²) in [6.45, 7) is 4.83. The number of oxazole rings is 1. The largest absolute Gasteiger partial charge is 0.446 e. The van der Waals surface area contributed by atoms with Crippen LogP contribution in [0.15, 0.2) is 10.7 Å². The maximum absolute atomic E-state index is 12.0. The first-order valence-corrected chi connectivity index (χ1v) is 5.39. The van der Waals surface area contributed by atoms with Crippen LogP contribution < -0.4 is 11.1 Å². The van der Waals surface area contributed by atoms with Crippen LogP contribution in [0.1, 0.15) is 29.3 Å². The zero-order chi connectivity index (χ0) is 11.5. The lowest BCUT2D eigenvalue weighted by atomic mass is 10.3. The summed E-state index contributed by atoms with van der Waals surface area (Å²) in [7, 11) is 0. The molecule has 0 saturated carbocycles. The molecule has 16 heavy (non-hydrogen) atoms. The molecule has 1 aromatic heterocycles. The maximum atomic E-state index is 12.0. The third-order valence-electron chi connectivity index (χ3n) is 2.53. The average molecular weight is 224 g/mol. The van der Waals surface area contributed by atoms with Gasteiger partial charge < -0.3 is 20.4 Å². The summed E-state index contributed by atoms with van der Waals surface area (Å²) in [5, 5.41) is 3.19. The van der Waals surface area contributed by atoms with E-state index in [1.165, 1.54) is 6.26 Å². The van der Waals surface area contributed by atoms with Crippen molar-refractivity contribution in [1.82, 2.24) is 15.2 Å². The number of nitrogens with one attached hydrogen (secondary N) is 1. The summed E-state index contributed by atoms with van der Waals surface area (Å²) in [5.41, 5.74) is 5.96. The number of carbonyl (C=O) groups is 1. The molecule has 3 N–H and O–H groups in total. The Kier molecular flexibility index (Phi) is 3.21. The van der Waals surface area contributed by atoms with E-state index in [-0.39, 0.29) is 11.9 Å². The van der Waals surface area contributed by atoms with Gasteiger partial charge in [0, 0.05) is 26.2 Å². The van der Waals surface area contributed by atoms with Crippen LogP contribution in [0.25, 0.3) is 0 Å². The minimum atomic E-state index is -0.287. The second-order valence-electron chi connectivity index (χ2n) is 3.90. The summed E-state index contributed by atoms with van der Waals surface area (Å²) in [4.78, 5) is 17.8. The van der Waals surface area contributed by atoms with Crippen molar-refractivity contribution in [2.45, 2.75) is 13.0 Å². The first kappa shape index (κ1) is 11.1. The van der Waals surface area contributed by atoms with Crippen molar-refractivity contribution in [1.29, 1.82) is 0 Å². The normalized spacial score (nSPS) is 18.5. The number of piperazine rings is 1. The number of hydrogen-bond donors (Lipinski definition) is 2. The number of rotatable bonds is 2. The summed E-state index contributed by atoms with van der Waals surface area (Å²) >= 11 is 0. The zero-order valence-corrected chi connectivity index (χ0v) is 9.27. The monoisotopic (exact) mass is 224 g/mol. The smallest absolute Gasteiger partial charge is 0.275 e. The van der Waals surface area contributed by atoms with E-state index in [4.69, 9.17) is 10.2 Å². The van der Waals surface area contributed by atoms with Crippen LogP contribution in [0.3, 0.4) is 0 Å². The fourth-order valence-corrected chi connectivity index (χ4v) is 1.62. The molecule has 1 fully saturated rings. The van der Waals surface area contributed by atoms with E-state index in [9.17, 15) is 4.79 Å². The van der Waals surface area contributed by atoms with Gasteiger partial charge in [0.15, 0.2) is 5.69 Å². The Balaban J connectivity index is 2.07. The highest BCUT2D eigenvalue weighted by molar-refractivity contribution is 5.92. The van der Waals surface area contributed by atoms with E-state index >= 15 is 0 Å². The zero-order valence-electron chi connectivity index (χ0n) is 9.27. The molecule has 0 aliphatic carbocycles. The van der Waals surface area contributed by atoms with Crippen molar-refractivity contribution < 1.29 is 9.21 Å². The lowest BCUT2D eigenvalue weighted by Crippen LogP contribution is -2.46. The van der Waals surface area contributed by atoms with Gasteiger partial charge >= 0.3 is 0 Å². The molecule has 0 aromatic carbocycles. The van der Waals surface area contributed by atoms with Gasteiger partial charge in [0.2, 0.25) is 5.89 Å². The Morgan fingerprint density at radius 1 is 1.62 bits per heavy atom. The van der Waals surface area contributed by atoms with Gasteiger partial charge in [-0.3, -0.25) is 4.79 Å². The molecule has 1 unspecified atom stereocenters. The van der Waals surface area contributed by atoms with Crippen LogP contribution in [-0.4, -0.2) is 42.0 Å². The highest BCUT2D eigenvalue weighted by Crippen LogP contribution is 2.11. The molecule has 1 amide bonds. The SMILES string of the molecule is CC(N)c1nc(C(=O)N2CCNCC2)co1. The Hall–Kier alpha value is -1.40. The Morgan fingerprint density at radius 3 is 2.88 bits per heavy atom. The molecule has 0 radical (unpaired) electrons. The Labute approximate surface area is 93.8 Å². The molecule has 1 saturated heterocycles. The van der Waals surface area contributed by atoms with Gasteiger partial charge in [-0.1, -0.05) is 0 Å². The predicted octanol–water partition coefficient (Wildman–Crippen LogP) is -0.260. The Morgan fingerprint density at radius 2 is 2.31 bits per heavy atom. The van der Waals surface area contributed by atoms with Gasteiger partial charge in [-0.05, 0) is 6.92 Å². The predicted molar refractivity (Wildman–Crippen MR) is 57.9 cm³/mol. The summed E-state index contributed by atoms with van der Waals surface area (Å²) in [6, 6.07) is -0.287. The van der Waals surface area contributed by atoms with Gasteiger partial charge in [0.1, 0.15) is 6.26 Å². The van der Waals surface area contributed by atoms with Crippen LogP contribution in [0.5, 0.6) is 0 Å². The molecule has 1 aliphatic rings. The number of carbonyl (C=O) groups excluding carboxylic acids is 1. The van der Waals surface area contributed by atoms with Gasteiger partial charge in [0.05, 0.1) is 6.04 Å². The molecule has 0 spiro atoms. The molecule has 6 nitrogen and oxygen atoms in total. The first-order chi connectivity index (χ1) is 7.68. The van der Waals surface area contributed by atoms with Crippen molar-refractivity contribution in [3.8, 4) is 0 Å². The van der Waals surface area contributed by atoms with E-state index in [0.717, 1.165) is 13.1 Å². The molecule has 2 rings (SSSR count). The lowest BCUT2D eigenvalue weighted by Gasteiger charge is -2.26. The number of nitrogens with two attached hydrogens (primary N) is 1. The van der Waals surface area contributed by atoms with Crippen LogP contribution in [0.2, 0.25) is 0 Å². The van der Waals surface area contributed by atoms with Crippen molar-refractivity contribution >= 4 is 5.91 Å². The minimum absolute atomic E-state index is 0.0860. The highest BCUT2D eigenvalue weighted by atomic mass is 16.3. The average Bonchev–Trinajstić information content (AvgIpc) is 2.78. The van der Waals surface area contributed by atoms with Crippen LogP contribution in [-0.2, 0) is 0 Å². The molecular formula is C10H16N4O2. The van der Waals surface area contributed by atoms with Crippen LogP contribution >= 0.6 is 0 Å². The second-order valence-corrected chi connectivity index (χ2v) is 3.90. The van der Waals surface area contributed by atoms with Gasteiger partial charge in [-0.25, -0.2) is 4.98 Å². The minimum Gasteiger partial charge on any atom is -0.446 e. The lowest BCUT2D eigenvalue weighted by molar-refractivity contribution is 0.0730. The first-order valence-electron chi connectivity index (χ1n) is 5.39. The molecule has 0 bridgehead atoms. The van der Waals surface area contributed by atoms with Crippen molar-refractivity contribution in [3.63, 3.8) is 0 Å². The van der Waals surface area contributed by atoms with E-state index in [0.29, 0.717) is 24.7 Å². The molecule has 6 heteroatoms. The molecule has 1 atom stereocenters. The molecule has 2 heterocycles. The Bertz CT molecular complexity index is 369. The standard InChI is InChI=1S/C10H16N4O2/c1-7(11)9-13-8(6-16-9)10(15)14-4-2-12-3-5-14/h6-7,12H,2-5,11H2,1H3. The summed E-state index contributed by atoms with van der Waals surface area (Å²) in [5.74, 6) is 0.315. The van der Waals surface area contributed by atoms with E-state index in [1.807, 2.05) is 0 Å². The van der Waals surface area contributed by atoms with E-state index < -0.39 is 0 Å². The van der Waals surface area contributed by atoms with Gasteiger partial charge in [-0.15, -0.1) is 0 Å². The van der Waals surface area contributed by atoms with Gasteiger partial charge in [0.25, 0.3) is 5.91 Å². The fraction of sp³-hybridized carbons (Fsp3) is 0.600. The second kappa shape index (κ2) is 4.63. The fourth-order valence-electron chi connectivity index (χ4n) is 1.62. The van der Waals surface area contributed by atoms with Crippen LogP contribution in [0.4, 0.5) is 0 Å². The van der Waals surface area contributed by atoms with Crippen molar-refractivity contribution in [2.24, 2.45) is 5.73 Å². The van der Waals surface area contributed by atoms with E-state index in [2.05, 4.69) is 10.3 Å². The third-order valence-corrected chi connectivity index (χ3v) is 2.53. The molecule has 1 aliphatic heterocycles. The van der Waals surface area contributed by atoms with Crippen molar-refractivity contribution in [2.75, 3.05) is 26.2 Å². The highest BCUT2D eigenvalue weighted by Gasteiger charge is 2.21. The van der Waals surface area contributed by atoms with E-state index in [1.54, 1.807) is 11.8 Å². The number of hydrogen-bond acceptors (Lipinski definition) is 5. The maximum Gasteiger partial charge on any atom is 0.275 e. The quantitative estimate of drug-likeness (QED) is 0.723. The van der Waals surface area contributed by atoms with Gasteiger partial charge in [-0.2, -0.15) is 0 Å². The summed E-state index contributed by atoms with van der Waals surface area (Å²) in [6.07, 6.45) is 1.38. The number of aromatic nitrogens is 1. The topological polar surface area (TPSA) is 84.4 Å². The molecular weight excluding hydrogens is 208 g/mol. The molecule has 1 aromatic rings. The summed E-state index contributed by atoms with van der Waals surface area (Å²) < 4.78 is 5.14. The third kappa shape index (κ3) is 2.23. The number of amides is 1. The molecule has 88 valence electrons. The van der Waals surface area contributed by atoms with Crippen LogP contribution in [0, 0.1) is 0 Å².